The van der Waals surface area contributed by atoms with Gasteiger partial charge in [0.1, 0.15) is 53.3 Å². The highest BCUT2D eigenvalue weighted by Crippen LogP contribution is 2.49. The summed E-state index contributed by atoms with van der Waals surface area (Å²) >= 11 is 0. The van der Waals surface area contributed by atoms with Crippen molar-refractivity contribution >= 4 is 5.78 Å². The molecule has 0 unspecified atom stereocenters. The van der Waals surface area contributed by atoms with E-state index in [1.54, 1.807) is 0 Å². The number of carbonyl (C=O) groups is 1. The number of aliphatic hydroxyl groups is 4. The third-order valence-electron chi connectivity index (χ3n) is 6.23. The second-order valence-electron chi connectivity index (χ2n) is 8.40. The number of aromatic hydroxyl groups is 3. The molecule has 0 amide bonds. The highest BCUT2D eigenvalue weighted by molar-refractivity contribution is 6.04. The predicted molar refractivity (Wildman–Crippen MR) is 114 cm³/mol. The number of para-hydroxylation sites is 1. The number of ether oxygens (including phenoxy) is 3. The summed E-state index contributed by atoms with van der Waals surface area (Å²) in [6.07, 6.45) is -9.06. The first-order chi connectivity index (χ1) is 16.1. The standard InChI is InChI=1S/C23H26O11/c1-8-16(27)9(2)21-15(17(8)28)12(26)6-13(32-21)10-4-3-5-11(25)22(10)34-23-20(31)19(30)18(29)14(7-24)33-23/h3-5,13-14,18-20,23-25,27-31H,6-7H2,1-2H3/t13-,14+,18+,19-,20+,23-/m0/s1. The van der Waals surface area contributed by atoms with Crippen molar-refractivity contribution in [1.82, 2.24) is 0 Å². The van der Waals surface area contributed by atoms with Crippen molar-refractivity contribution in [2.24, 2.45) is 0 Å². The lowest BCUT2D eigenvalue weighted by molar-refractivity contribution is -0.277. The van der Waals surface area contributed by atoms with Gasteiger partial charge in [0.15, 0.2) is 17.3 Å². The molecule has 0 spiro atoms. The molecular formula is C23H26O11. The van der Waals surface area contributed by atoms with Crippen LogP contribution in [0.3, 0.4) is 0 Å². The Morgan fingerprint density at radius 2 is 1.71 bits per heavy atom. The van der Waals surface area contributed by atoms with Crippen molar-refractivity contribution in [3.05, 3.63) is 40.5 Å². The van der Waals surface area contributed by atoms with Crippen molar-refractivity contribution in [3.8, 4) is 28.7 Å². The Hall–Kier alpha value is -3.09. The number of rotatable bonds is 4. The van der Waals surface area contributed by atoms with Crippen LogP contribution < -0.4 is 9.47 Å². The zero-order valence-corrected chi connectivity index (χ0v) is 18.4. The van der Waals surface area contributed by atoms with Gasteiger partial charge < -0.3 is 50.0 Å². The molecule has 0 aromatic heterocycles. The number of benzene rings is 2. The average molecular weight is 478 g/mol. The Morgan fingerprint density at radius 3 is 2.38 bits per heavy atom. The van der Waals surface area contributed by atoms with Gasteiger partial charge in [-0.25, -0.2) is 0 Å². The van der Waals surface area contributed by atoms with Crippen molar-refractivity contribution in [3.63, 3.8) is 0 Å². The molecule has 4 rings (SSSR count). The molecule has 34 heavy (non-hydrogen) atoms. The van der Waals surface area contributed by atoms with Gasteiger partial charge in [-0.05, 0) is 19.9 Å². The fourth-order valence-electron chi connectivity index (χ4n) is 4.22. The normalized spacial score (nSPS) is 28.8. The summed E-state index contributed by atoms with van der Waals surface area (Å²) in [7, 11) is 0. The van der Waals surface area contributed by atoms with E-state index in [4.69, 9.17) is 14.2 Å². The third-order valence-corrected chi connectivity index (χ3v) is 6.23. The van der Waals surface area contributed by atoms with Crippen LogP contribution in [-0.4, -0.2) is 78.8 Å². The molecule has 6 atom stereocenters. The smallest absolute Gasteiger partial charge is 0.229 e. The van der Waals surface area contributed by atoms with Gasteiger partial charge in [-0.3, -0.25) is 4.79 Å². The summed E-state index contributed by atoms with van der Waals surface area (Å²) in [6.45, 7) is 2.34. The number of phenolic OH excluding ortho intramolecular Hbond substituents is 3. The molecule has 2 heterocycles. The highest BCUT2D eigenvalue weighted by Gasteiger charge is 2.45. The van der Waals surface area contributed by atoms with Crippen LogP contribution in [0.1, 0.15) is 39.6 Å². The van der Waals surface area contributed by atoms with Gasteiger partial charge in [0.25, 0.3) is 0 Å². The number of carbonyl (C=O) groups excluding carboxylic acids is 1. The molecule has 0 aliphatic carbocycles. The minimum atomic E-state index is -1.72. The summed E-state index contributed by atoms with van der Waals surface area (Å²) in [4.78, 5) is 12.9. The first kappa shape index (κ1) is 24.0. The van der Waals surface area contributed by atoms with Crippen molar-refractivity contribution in [1.29, 1.82) is 0 Å². The summed E-state index contributed by atoms with van der Waals surface area (Å²) in [6, 6.07) is 4.27. The molecule has 11 nitrogen and oxygen atoms in total. The zero-order valence-electron chi connectivity index (χ0n) is 18.4. The molecule has 7 N–H and O–H groups in total. The van der Waals surface area contributed by atoms with E-state index in [2.05, 4.69) is 0 Å². The van der Waals surface area contributed by atoms with Gasteiger partial charge in [0.2, 0.25) is 6.29 Å². The predicted octanol–water partition coefficient (Wildman–Crippen LogP) is 0.305. The molecule has 1 saturated heterocycles. The van der Waals surface area contributed by atoms with Gasteiger partial charge in [0, 0.05) is 16.7 Å². The Kier molecular flexibility index (Phi) is 6.32. The topological polar surface area (TPSA) is 186 Å². The lowest BCUT2D eigenvalue weighted by Crippen LogP contribution is -2.60. The van der Waals surface area contributed by atoms with Gasteiger partial charge in [-0.15, -0.1) is 0 Å². The summed E-state index contributed by atoms with van der Waals surface area (Å²) in [5.74, 6) is -1.68. The summed E-state index contributed by atoms with van der Waals surface area (Å²) in [5, 5.41) is 70.9. The van der Waals surface area contributed by atoms with E-state index in [0.717, 1.165) is 0 Å². The lowest BCUT2D eigenvalue weighted by atomic mass is 9.91. The van der Waals surface area contributed by atoms with E-state index in [1.807, 2.05) is 0 Å². The number of fused-ring (bicyclic) bond motifs is 1. The molecule has 0 saturated carbocycles. The van der Waals surface area contributed by atoms with Crippen molar-refractivity contribution in [2.45, 2.75) is 57.1 Å². The van der Waals surface area contributed by atoms with E-state index < -0.39 is 49.2 Å². The van der Waals surface area contributed by atoms with Crippen LogP contribution in [0.5, 0.6) is 28.7 Å². The molecule has 2 aromatic carbocycles. The first-order valence-electron chi connectivity index (χ1n) is 10.6. The zero-order chi connectivity index (χ0) is 24.9. The molecular weight excluding hydrogens is 452 g/mol. The van der Waals surface area contributed by atoms with Crippen LogP contribution in [-0.2, 0) is 4.74 Å². The molecule has 0 bridgehead atoms. The molecule has 1 fully saturated rings. The summed E-state index contributed by atoms with van der Waals surface area (Å²) in [5.41, 5.74) is 0.533. The minimum absolute atomic E-state index is 0.0102. The van der Waals surface area contributed by atoms with E-state index in [9.17, 15) is 40.5 Å². The van der Waals surface area contributed by atoms with E-state index >= 15 is 0 Å². The Balaban J connectivity index is 1.71. The average Bonchev–Trinajstić information content (AvgIpc) is 2.82. The fraction of sp³-hybridized carbons (Fsp3) is 0.435. The van der Waals surface area contributed by atoms with Gasteiger partial charge in [-0.2, -0.15) is 0 Å². The van der Waals surface area contributed by atoms with Crippen LogP contribution in [0.25, 0.3) is 0 Å². The number of ketones is 1. The quantitative estimate of drug-likeness (QED) is 0.320. The molecule has 0 radical (unpaired) electrons. The van der Waals surface area contributed by atoms with Crippen LogP contribution in [0.4, 0.5) is 0 Å². The number of aliphatic hydroxyl groups excluding tert-OH is 4. The maximum absolute atomic E-state index is 12.9. The highest BCUT2D eigenvalue weighted by atomic mass is 16.7. The second-order valence-corrected chi connectivity index (χ2v) is 8.40. The van der Waals surface area contributed by atoms with Crippen LogP contribution in [0.2, 0.25) is 0 Å². The molecule has 184 valence electrons. The first-order valence-corrected chi connectivity index (χ1v) is 10.6. The summed E-state index contributed by atoms with van der Waals surface area (Å²) < 4.78 is 17.0. The lowest BCUT2D eigenvalue weighted by Gasteiger charge is -2.40. The van der Waals surface area contributed by atoms with E-state index in [0.29, 0.717) is 0 Å². The third kappa shape index (κ3) is 3.81. The number of hydrogen-bond donors (Lipinski definition) is 7. The maximum Gasteiger partial charge on any atom is 0.229 e. The van der Waals surface area contributed by atoms with E-state index in [-0.39, 0.29) is 57.4 Å². The van der Waals surface area contributed by atoms with Crippen molar-refractivity contribution in [2.75, 3.05) is 6.61 Å². The Morgan fingerprint density at radius 1 is 1.00 bits per heavy atom. The van der Waals surface area contributed by atoms with Crippen molar-refractivity contribution < 1.29 is 54.8 Å². The van der Waals surface area contributed by atoms with Crippen LogP contribution in [0, 0.1) is 13.8 Å². The molecule has 11 heteroatoms. The molecule has 2 aromatic rings. The molecule has 2 aliphatic rings. The largest absolute Gasteiger partial charge is 0.507 e. The number of phenols is 3. The Labute approximate surface area is 194 Å². The number of Topliss-reactive ketones (excluding diaryl/α,β-unsaturated/α-hetero) is 1. The van der Waals surface area contributed by atoms with Crippen LogP contribution >= 0.6 is 0 Å². The Bertz CT molecular complexity index is 1110. The second kappa shape index (κ2) is 8.93. The monoisotopic (exact) mass is 478 g/mol. The van der Waals surface area contributed by atoms with Gasteiger partial charge in [-0.1, -0.05) is 12.1 Å². The molecule has 2 aliphatic heterocycles. The fourth-order valence-corrected chi connectivity index (χ4v) is 4.22. The maximum atomic E-state index is 12.9. The SMILES string of the molecule is Cc1c(O)c(C)c2c(c1O)C(=O)C[C@@H](c1cccc(O)c1O[C@@H]1O[C@H](CO)[C@@H](O)[C@H](O)[C@H]1O)O2. The van der Waals surface area contributed by atoms with Crippen LogP contribution in [0.15, 0.2) is 18.2 Å². The minimum Gasteiger partial charge on any atom is -0.507 e. The van der Waals surface area contributed by atoms with Gasteiger partial charge in [0.05, 0.1) is 13.0 Å². The van der Waals surface area contributed by atoms with Gasteiger partial charge >= 0.3 is 0 Å². The van der Waals surface area contributed by atoms with E-state index in [1.165, 1.54) is 32.0 Å². The number of hydrogen-bond acceptors (Lipinski definition) is 11.